The third-order valence-electron chi connectivity index (χ3n) is 7.38. The Morgan fingerprint density at radius 3 is 2.43 bits per heavy atom. The number of halogens is 4. The summed E-state index contributed by atoms with van der Waals surface area (Å²) in [6.07, 6.45) is 2.67. The molecule has 0 spiro atoms. The third-order valence-corrected chi connectivity index (χ3v) is 7.38. The van der Waals surface area contributed by atoms with Crippen LogP contribution in [0.5, 0.6) is 11.5 Å². The van der Waals surface area contributed by atoms with Gasteiger partial charge in [0.25, 0.3) is 0 Å². The molecule has 1 unspecified atom stereocenters. The maximum Gasteiger partial charge on any atom is 0.505 e. The number of nitrogens with one attached hydrogen (secondary N) is 1. The van der Waals surface area contributed by atoms with Crippen molar-refractivity contribution < 1.29 is 41.3 Å². The van der Waals surface area contributed by atoms with Crippen LogP contribution in [0.25, 0.3) is 16.8 Å². The van der Waals surface area contributed by atoms with E-state index in [1.54, 1.807) is 56.3 Å². The highest BCUT2D eigenvalue weighted by atomic mass is 19.4. The summed E-state index contributed by atoms with van der Waals surface area (Å²) < 4.78 is 66.8. The standard InChI is InChI=1S/C32H25F4N7O4/c1-18(2)41-15-23(30(45)43(31(41)46)22-7-4-20(33)5-8-22)29(44)39-21-6-9-27(24(13-21)32(34,35)36)47-28-12-19(25-16-40(3)17-37-25)14-42-26(28)10-11-38-42/h4-18,23H,1-3H3/p+1. The van der Waals surface area contributed by atoms with Crippen LogP contribution >= 0.6 is 0 Å². The number of urea groups is 1. The minimum absolute atomic E-state index is 0.0261. The molecule has 0 saturated carbocycles. The summed E-state index contributed by atoms with van der Waals surface area (Å²) in [6.45, 7) is 3.31. The lowest BCUT2D eigenvalue weighted by Crippen LogP contribution is -2.55. The number of anilines is 2. The first-order valence-corrected chi connectivity index (χ1v) is 14.2. The summed E-state index contributed by atoms with van der Waals surface area (Å²) in [5.41, 5.74) is 0.0608. The Kier molecular flexibility index (Phi) is 7.83. The number of hydrogen-bond donors (Lipinski definition) is 1. The number of aryl methyl sites for hydroxylation is 1. The number of carbonyl (C=O) groups is 3. The second-order valence-electron chi connectivity index (χ2n) is 11.0. The number of nitrogens with zero attached hydrogens (tertiary/aromatic N) is 6. The van der Waals surface area contributed by atoms with Gasteiger partial charge in [0.15, 0.2) is 11.7 Å². The van der Waals surface area contributed by atoms with E-state index in [9.17, 15) is 31.9 Å². The van der Waals surface area contributed by atoms with Crippen LogP contribution in [0.3, 0.4) is 0 Å². The van der Waals surface area contributed by atoms with Crippen molar-refractivity contribution in [3.63, 3.8) is 0 Å². The number of alkyl halides is 3. The average Bonchev–Trinajstić information content (AvgIpc) is 3.67. The van der Waals surface area contributed by atoms with Gasteiger partial charge in [0.1, 0.15) is 28.3 Å². The maximum absolute atomic E-state index is 14.4. The van der Waals surface area contributed by atoms with E-state index in [1.807, 2.05) is 0 Å². The molecule has 6 rings (SSSR count). The summed E-state index contributed by atoms with van der Waals surface area (Å²) in [7, 11) is 1.78. The molecule has 2 aromatic carbocycles. The zero-order valence-electron chi connectivity index (χ0n) is 25.1. The molecule has 0 bridgehead atoms. The monoisotopic (exact) mass is 648 g/mol. The van der Waals surface area contributed by atoms with Gasteiger partial charge >= 0.3 is 18.1 Å². The maximum atomic E-state index is 14.4. The quantitative estimate of drug-likeness (QED) is 0.134. The number of rotatable bonds is 7. The molecule has 240 valence electrons. The number of carbonyl (C=O) groups excluding carboxylic acids is 3. The van der Waals surface area contributed by atoms with Crippen LogP contribution in [-0.4, -0.2) is 53.8 Å². The van der Waals surface area contributed by atoms with Crippen molar-refractivity contribution in [3.05, 3.63) is 90.9 Å². The number of benzene rings is 2. The van der Waals surface area contributed by atoms with Gasteiger partial charge in [0, 0.05) is 30.7 Å². The van der Waals surface area contributed by atoms with Crippen LogP contribution in [0.1, 0.15) is 19.4 Å². The normalized spacial score (nSPS) is 15.4. The third kappa shape index (κ3) is 6.06. The lowest BCUT2D eigenvalue weighted by molar-refractivity contribution is -0.459. The van der Waals surface area contributed by atoms with E-state index in [0.717, 1.165) is 33.9 Å². The Labute approximate surface area is 264 Å². The summed E-state index contributed by atoms with van der Waals surface area (Å²) >= 11 is 0. The summed E-state index contributed by atoms with van der Waals surface area (Å²) in [4.78, 5) is 44.9. The van der Waals surface area contributed by atoms with Crippen molar-refractivity contribution in [2.45, 2.75) is 26.1 Å². The van der Waals surface area contributed by atoms with Crippen LogP contribution < -0.4 is 15.0 Å². The predicted molar refractivity (Wildman–Crippen MR) is 162 cm³/mol. The van der Waals surface area contributed by atoms with E-state index in [0.29, 0.717) is 22.8 Å². The zero-order chi connectivity index (χ0) is 33.6. The summed E-state index contributed by atoms with van der Waals surface area (Å²) in [5.74, 6) is -4.59. The molecular weight excluding hydrogens is 622 g/mol. The molecule has 3 aromatic heterocycles. The number of amides is 4. The number of imidazole rings is 1. The Bertz CT molecular complexity index is 2070. The number of aromatic nitrogens is 4. The molecule has 15 heteroatoms. The van der Waals surface area contributed by atoms with E-state index >= 15 is 0 Å². The van der Waals surface area contributed by atoms with Gasteiger partial charge < -0.3 is 14.6 Å². The summed E-state index contributed by atoms with van der Waals surface area (Å²) in [5, 5.41) is 6.55. The smallest absolute Gasteiger partial charge is 0.454 e. The Morgan fingerprint density at radius 1 is 1.02 bits per heavy atom. The van der Waals surface area contributed by atoms with Gasteiger partial charge in [-0.2, -0.15) is 27.6 Å². The summed E-state index contributed by atoms with van der Waals surface area (Å²) in [6, 6.07) is 9.36. The number of imide groups is 1. The highest BCUT2D eigenvalue weighted by Gasteiger charge is 2.48. The van der Waals surface area contributed by atoms with Gasteiger partial charge in [0.05, 0.1) is 30.5 Å². The average molecular weight is 649 g/mol. The second kappa shape index (κ2) is 11.8. The number of ether oxygens (including phenoxy) is 1. The molecule has 0 saturated heterocycles. The van der Waals surface area contributed by atoms with Crippen LogP contribution in [-0.2, 0) is 22.8 Å². The van der Waals surface area contributed by atoms with Gasteiger partial charge in [0.2, 0.25) is 5.91 Å². The fourth-order valence-corrected chi connectivity index (χ4v) is 5.07. The highest BCUT2D eigenvalue weighted by molar-refractivity contribution is 6.28. The van der Waals surface area contributed by atoms with Crippen LogP contribution in [0.15, 0.2) is 79.5 Å². The Morgan fingerprint density at radius 2 is 1.77 bits per heavy atom. The number of hydrogen-bond acceptors (Lipinski definition) is 6. The lowest BCUT2D eigenvalue weighted by Gasteiger charge is -2.24. The van der Waals surface area contributed by atoms with Gasteiger partial charge in [-0.15, -0.1) is 4.90 Å². The zero-order valence-corrected chi connectivity index (χ0v) is 25.1. The lowest BCUT2D eigenvalue weighted by atomic mass is 10.0. The molecule has 11 nitrogen and oxygen atoms in total. The molecule has 1 aliphatic rings. The van der Waals surface area contributed by atoms with Gasteiger partial charge in [-0.1, -0.05) is 0 Å². The molecule has 4 heterocycles. The van der Waals surface area contributed by atoms with Crippen LogP contribution in [0.2, 0.25) is 0 Å². The highest BCUT2D eigenvalue weighted by Crippen LogP contribution is 2.41. The first-order valence-electron chi connectivity index (χ1n) is 14.2. The van der Waals surface area contributed by atoms with Crippen LogP contribution in [0, 0.1) is 11.7 Å². The second-order valence-corrected chi connectivity index (χ2v) is 11.0. The first kappa shape index (κ1) is 31.1. The number of fused-ring (bicyclic) bond motifs is 1. The molecule has 0 aliphatic carbocycles. The van der Waals surface area contributed by atoms with Gasteiger partial charge in [-0.3, -0.25) is 4.79 Å². The fraction of sp³-hybridized carbons (Fsp3) is 0.188. The van der Waals surface area contributed by atoms with Gasteiger partial charge in [-0.05, 0) is 68.4 Å². The molecule has 0 fully saturated rings. The largest absolute Gasteiger partial charge is 0.505 e. The van der Waals surface area contributed by atoms with Crippen molar-refractivity contribution in [2.75, 3.05) is 10.2 Å². The molecule has 0 radical (unpaired) electrons. The molecule has 5 aromatic rings. The van der Waals surface area contributed by atoms with Crippen LogP contribution in [0.4, 0.5) is 33.7 Å². The van der Waals surface area contributed by atoms with Crippen molar-refractivity contribution in [2.24, 2.45) is 13.0 Å². The van der Waals surface area contributed by atoms with Crippen molar-refractivity contribution in [1.29, 1.82) is 0 Å². The molecule has 47 heavy (non-hydrogen) atoms. The molecular formula is C32H26F4N7O4+. The van der Waals surface area contributed by atoms with E-state index in [2.05, 4.69) is 15.4 Å². The Balaban J connectivity index is 1.32. The molecule has 1 N–H and O–H groups in total. The van der Waals surface area contributed by atoms with Crippen molar-refractivity contribution >= 4 is 41.0 Å². The molecule has 1 atom stereocenters. The topological polar surface area (TPSA) is 114 Å². The van der Waals surface area contributed by atoms with E-state index in [1.165, 1.54) is 28.9 Å². The van der Waals surface area contributed by atoms with Crippen molar-refractivity contribution in [3.8, 4) is 22.8 Å². The molecule has 4 amide bonds. The van der Waals surface area contributed by atoms with Crippen molar-refractivity contribution in [1.82, 2.24) is 19.2 Å². The number of pyridine rings is 1. The fourth-order valence-electron chi connectivity index (χ4n) is 5.07. The van der Waals surface area contributed by atoms with E-state index < -0.39 is 53.1 Å². The SMILES string of the molecule is CC(C)[N+]1=CC(C(=O)Nc2ccc(Oc3cc(-c4cn(C)cn4)cn4nccc34)c(C(F)(F)F)c2)C(=O)N(c2ccc(F)cc2)C1=O. The Hall–Kier alpha value is -5.86. The molecule has 1 aliphatic heterocycles. The van der Waals surface area contributed by atoms with E-state index in [4.69, 9.17) is 4.74 Å². The van der Waals surface area contributed by atoms with Gasteiger partial charge in [-0.25, -0.2) is 18.7 Å². The van der Waals surface area contributed by atoms with E-state index in [-0.39, 0.29) is 17.1 Å². The predicted octanol–water partition coefficient (Wildman–Crippen LogP) is 5.90. The minimum atomic E-state index is -4.90. The minimum Gasteiger partial charge on any atom is -0.454 e. The first-order chi connectivity index (χ1) is 22.3.